The van der Waals surface area contributed by atoms with Gasteiger partial charge in [0, 0.05) is 24.3 Å². The number of benzene rings is 1. The highest BCUT2D eigenvalue weighted by molar-refractivity contribution is 5.54. The molecule has 0 bridgehead atoms. The second-order valence-electron chi connectivity index (χ2n) is 4.16. The fourth-order valence-electron chi connectivity index (χ4n) is 1.96. The summed E-state index contributed by atoms with van der Waals surface area (Å²) in [6.45, 7) is 0.0529. The van der Waals surface area contributed by atoms with Gasteiger partial charge in [-0.25, -0.2) is 4.98 Å². The Morgan fingerprint density at radius 2 is 1.79 bits per heavy atom. The molecule has 0 amide bonds. The fourth-order valence-corrected chi connectivity index (χ4v) is 1.96. The Bertz CT molecular complexity index is 659. The van der Waals surface area contributed by atoms with E-state index < -0.39 is 0 Å². The molecule has 4 nitrogen and oxygen atoms in total. The predicted octanol–water partition coefficient (Wildman–Crippen LogP) is 2.43. The molecule has 3 aromatic rings. The maximum atomic E-state index is 9.06. The zero-order valence-corrected chi connectivity index (χ0v) is 10.3. The molecule has 0 atom stereocenters. The van der Waals surface area contributed by atoms with Gasteiger partial charge >= 0.3 is 0 Å². The molecule has 0 fully saturated rings. The molecule has 0 spiro atoms. The van der Waals surface area contributed by atoms with Gasteiger partial charge in [0.2, 0.25) is 0 Å². The topological polar surface area (TPSA) is 50.9 Å². The first-order valence-electron chi connectivity index (χ1n) is 6.03. The predicted molar refractivity (Wildman–Crippen MR) is 72.7 cm³/mol. The first-order valence-corrected chi connectivity index (χ1v) is 6.03. The van der Waals surface area contributed by atoms with Gasteiger partial charge in [0.25, 0.3) is 0 Å². The summed E-state index contributed by atoms with van der Waals surface area (Å²) in [5, 5.41) is 9.06. The summed E-state index contributed by atoms with van der Waals surface area (Å²) in [7, 11) is 0. The van der Waals surface area contributed by atoms with Crippen LogP contribution in [0.15, 0.2) is 61.1 Å². The van der Waals surface area contributed by atoms with Crippen LogP contribution in [0.2, 0.25) is 0 Å². The number of hydrogen-bond acceptors (Lipinski definition) is 3. The van der Waals surface area contributed by atoms with Crippen molar-refractivity contribution in [1.29, 1.82) is 0 Å². The average molecular weight is 251 g/mol. The number of aliphatic hydroxyl groups is 1. The van der Waals surface area contributed by atoms with Gasteiger partial charge in [-0.15, -0.1) is 0 Å². The van der Waals surface area contributed by atoms with Crippen molar-refractivity contribution in [2.75, 3.05) is 0 Å². The van der Waals surface area contributed by atoms with E-state index in [-0.39, 0.29) is 6.61 Å². The van der Waals surface area contributed by atoms with E-state index in [1.807, 2.05) is 53.2 Å². The van der Waals surface area contributed by atoms with E-state index in [0.29, 0.717) is 0 Å². The molecule has 19 heavy (non-hydrogen) atoms. The lowest BCUT2D eigenvalue weighted by atomic mass is 10.2. The van der Waals surface area contributed by atoms with Gasteiger partial charge in [-0.3, -0.25) is 9.55 Å². The number of imidazole rings is 1. The minimum absolute atomic E-state index is 0.0529. The normalized spacial score (nSPS) is 10.6. The molecule has 0 aliphatic heterocycles. The second kappa shape index (κ2) is 5.04. The molecule has 4 heteroatoms. The Morgan fingerprint density at radius 3 is 2.47 bits per heavy atom. The van der Waals surface area contributed by atoms with Gasteiger partial charge in [0.05, 0.1) is 6.61 Å². The summed E-state index contributed by atoms with van der Waals surface area (Å²) in [5.41, 5.74) is 2.72. The van der Waals surface area contributed by atoms with E-state index in [0.717, 1.165) is 22.8 Å². The van der Waals surface area contributed by atoms with E-state index in [1.54, 1.807) is 12.4 Å². The van der Waals surface area contributed by atoms with Gasteiger partial charge in [-0.1, -0.05) is 18.2 Å². The van der Waals surface area contributed by atoms with Gasteiger partial charge in [0.15, 0.2) is 5.82 Å². The molecule has 0 radical (unpaired) electrons. The maximum Gasteiger partial charge on any atom is 0.163 e. The molecule has 1 aromatic carbocycles. The molecule has 0 saturated carbocycles. The Hall–Kier alpha value is -2.46. The van der Waals surface area contributed by atoms with Crippen molar-refractivity contribution < 1.29 is 5.11 Å². The number of aromatic nitrogens is 3. The van der Waals surface area contributed by atoms with Crippen LogP contribution < -0.4 is 0 Å². The van der Waals surface area contributed by atoms with Crippen LogP contribution in [0.1, 0.15) is 5.56 Å². The summed E-state index contributed by atoms with van der Waals surface area (Å²) in [6, 6.07) is 13.5. The zero-order chi connectivity index (χ0) is 13.1. The number of pyridine rings is 1. The average Bonchev–Trinajstić information content (AvgIpc) is 2.98. The van der Waals surface area contributed by atoms with Crippen molar-refractivity contribution in [2.24, 2.45) is 0 Å². The van der Waals surface area contributed by atoms with E-state index in [9.17, 15) is 0 Å². The van der Waals surface area contributed by atoms with Crippen molar-refractivity contribution in [2.45, 2.75) is 6.61 Å². The van der Waals surface area contributed by atoms with Crippen molar-refractivity contribution in [3.8, 4) is 17.2 Å². The van der Waals surface area contributed by atoms with Gasteiger partial charge in [-0.2, -0.15) is 0 Å². The molecule has 2 aromatic heterocycles. The minimum atomic E-state index is 0.0529. The fraction of sp³-hybridized carbons (Fsp3) is 0.0667. The number of nitrogens with zero attached hydrogens (tertiary/aromatic N) is 3. The first kappa shape index (κ1) is 11.6. The molecule has 94 valence electrons. The van der Waals surface area contributed by atoms with E-state index in [2.05, 4.69) is 9.97 Å². The molecule has 0 aliphatic carbocycles. The monoisotopic (exact) mass is 251 g/mol. The second-order valence-corrected chi connectivity index (χ2v) is 4.16. The van der Waals surface area contributed by atoms with Crippen LogP contribution in [0.4, 0.5) is 0 Å². The quantitative estimate of drug-likeness (QED) is 0.777. The zero-order valence-electron chi connectivity index (χ0n) is 10.3. The molecular weight excluding hydrogens is 238 g/mol. The number of rotatable bonds is 3. The van der Waals surface area contributed by atoms with Crippen LogP contribution >= 0.6 is 0 Å². The third-order valence-electron chi connectivity index (χ3n) is 2.93. The molecule has 1 N–H and O–H groups in total. The van der Waals surface area contributed by atoms with Gasteiger partial charge < -0.3 is 5.11 Å². The maximum absolute atomic E-state index is 9.06. The summed E-state index contributed by atoms with van der Waals surface area (Å²) in [4.78, 5) is 8.67. The van der Waals surface area contributed by atoms with Crippen LogP contribution in [0.3, 0.4) is 0 Å². The molecular formula is C15H13N3O. The van der Waals surface area contributed by atoms with Crippen molar-refractivity contribution >= 4 is 0 Å². The standard InChI is InChI=1S/C15H13N3O/c19-11-12-4-6-13(7-5-12)18-10-9-17-15(18)14-3-1-2-8-16-14/h1-10,19H,11H2. The Kier molecular flexibility index (Phi) is 3.08. The summed E-state index contributed by atoms with van der Waals surface area (Å²) in [6.07, 6.45) is 5.41. The van der Waals surface area contributed by atoms with Crippen LogP contribution in [0.25, 0.3) is 17.2 Å². The first-order chi connectivity index (χ1) is 9.38. The highest BCUT2D eigenvalue weighted by atomic mass is 16.3. The van der Waals surface area contributed by atoms with Crippen molar-refractivity contribution in [3.05, 3.63) is 66.6 Å². The van der Waals surface area contributed by atoms with Crippen LogP contribution in [0.5, 0.6) is 0 Å². The summed E-state index contributed by atoms with van der Waals surface area (Å²) >= 11 is 0. The smallest absolute Gasteiger partial charge is 0.163 e. The third-order valence-corrected chi connectivity index (χ3v) is 2.93. The molecule has 2 heterocycles. The lowest BCUT2D eigenvalue weighted by molar-refractivity contribution is 0.282. The molecule has 0 saturated heterocycles. The van der Waals surface area contributed by atoms with Crippen molar-refractivity contribution in [1.82, 2.24) is 14.5 Å². The highest BCUT2D eigenvalue weighted by Gasteiger charge is 2.08. The van der Waals surface area contributed by atoms with Crippen molar-refractivity contribution in [3.63, 3.8) is 0 Å². The lowest BCUT2D eigenvalue weighted by Crippen LogP contribution is -1.97. The molecule has 0 aliphatic rings. The van der Waals surface area contributed by atoms with E-state index in [4.69, 9.17) is 5.11 Å². The number of hydrogen-bond donors (Lipinski definition) is 1. The van der Waals surface area contributed by atoms with Crippen LogP contribution in [0, 0.1) is 0 Å². The SMILES string of the molecule is OCc1ccc(-n2ccnc2-c2ccccn2)cc1. The summed E-state index contributed by atoms with van der Waals surface area (Å²) in [5.74, 6) is 0.803. The summed E-state index contributed by atoms with van der Waals surface area (Å²) < 4.78 is 1.98. The van der Waals surface area contributed by atoms with Gasteiger partial charge in [0.1, 0.15) is 5.69 Å². The Morgan fingerprint density at radius 1 is 0.947 bits per heavy atom. The Balaban J connectivity index is 2.04. The molecule has 0 unspecified atom stereocenters. The Labute approximate surface area is 111 Å². The van der Waals surface area contributed by atoms with Crippen LogP contribution in [-0.2, 0) is 6.61 Å². The number of aliphatic hydroxyl groups excluding tert-OH is 1. The van der Waals surface area contributed by atoms with Crippen LogP contribution in [-0.4, -0.2) is 19.6 Å². The van der Waals surface area contributed by atoms with E-state index in [1.165, 1.54) is 0 Å². The largest absolute Gasteiger partial charge is 0.392 e. The van der Waals surface area contributed by atoms with Gasteiger partial charge in [-0.05, 0) is 29.8 Å². The molecule has 3 rings (SSSR count). The van der Waals surface area contributed by atoms with E-state index >= 15 is 0 Å². The minimum Gasteiger partial charge on any atom is -0.392 e. The lowest BCUT2D eigenvalue weighted by Gasteiger charge is -2.07. The third kappa shape index (κ3) is 2.26. The highest BCUT2D eigenvalue weighted by Crippen LogP contribution is 2.19.